The highest BCUT2D eigenvalue weighted by Crippen LogP contribution is 1.79. The van der Waals surface area contributed by atoms with Crippen LogP contribution >= 0.6 is 0 Å². The number of nitrogen functional groups attached to an aromatic ring is 1. The average molecular weight is 347 g/mol. The third-order valence-electron chi connectivity index (χ3n) is 1.84. The molecule has 1 fully saturated rings. The van der Waals surface area contributed by atoms with Gasteiger partial charge in [-0.05, 0) is 0 Å². The second-order valence-corrected chi connectivity index (χ2v) is 3.49. The average Bonchev–Trinajstić information content (AvgIpc) is 2.62. The van der Waals surface area contributed by atoms with E-state index < -0.39 is 0 Å². The number of hydrazone groups is 2. The van der Waals surface area contributed by atoms with Gasteiger partial charge in [-0.15, -0.1) is 20.4 Å². The molecule has 0 atom stereocenters. The Balaban J connectivity index is 0. The first-order valence-electron chi connectivity index (χ1n) is 5.92. The van der Waals surface area contributed by atoms with Gasteiger partial charge in [0.2, 0.25) is 23.8 Å². The molecule has 17 nitrogen and oxygen atoms in total. The van der Waals surface area contributed by atoms with Gasteiger partial charge in [-0.2, -0.15) is 0 Å². The number of amides is 1. The highest BCUT2D eigenvalue weighted by atomic mass is 16.2. The van der Waals surface area contributed by atoms with Crippen molar-refractivity contribution in [2.45, 2.75) is 0 Å². The zero-order valence-electron chi connectivity index (χ0n) is 12.3. The van der Waals surface area contributed by atoms with Crippen molar-refractivity contribution in [2.75, 3.05) is 12.0 Å². The molecular weight excluding hydrogens is 326 g/mol. The number of nitrogens with one attached hydrogen (secondary N) is 6. The summed E-state index contributed by atoms with van der Waals surface area (Å²) in [4.78, 5) is 23.2. The molecular formula is C7H21N15O2. The Labute approximate surface area is 135 Å². The van der Waals surface area contributed by atoms with Gasteiger partial charge in [0.25, 0.3) is 5.56 Å². The molecule has 24 heavy (non-hydrogen) atoms. The lowest BCUT2D eigenvalue weighted by Crippen LogP contribution is -2.57. The molecule has 1 aromatic heterocycles. The second kappa shape index (κ2) is 11.9. The Kier molecular flexibility index (Phi) is 10.1. The summed E-state index contributed by atoms with van der Waals surface area (Å²) in [7, 11) is 0. The smallest absolute Gasteiger partial charge is 0.271 e. The normalized spacial score (nSPS) is 14.8. The van der Waals surface area contributed by atoms with Gasteiger partial charge in [0, 0.05) is 1.43 Å². The number of anilines is 1. The van der Waals surface area contributed by atoms with Gasteiger partial charge >= 0.3 is 0 Å². The Morgan fingerprint density at radius 1 is 1.33 bits per heavy atom. The predicted octanol–water partition coefficient (Wildman–Crippen LogP) is -6.23. The van der Waals surface area contributed by atoms with Crippen molar-refractivity contribution in [2.24, 2.45) is 39.3 Å². The number of guanidine groups is 2. The number of hydrogen-bond donors (Lipinski definition) is 11. The predicted molar refractivity (Wildman–Crippen MR) is 86.6 cm³/mol. The Morgan fingerprint density at radius 2 is 2.04 bits per heavy atom. The molecule has 0 spiro atoms. The Hall–Kier alpha value is -3.70. The maximum atomic E-state index is 10.5. The number of carbonyl (C=O) groups excluding carboxylic acids is 1. The fourth-order valence-electron chi connectivity index (χ4n) is 0.895. The summed E-state index contributed by atoms with van der Waals surface area (Å²) in [5, 5.41) is 15.3. The van der Waals surface area contributed by atoms with Crippen LogP contribution in [-0.2, 0) is 4.79 Å². The van der Waals surface area contributed by atoms with E-state index in [0.29, 0.717) is 0 Å². The van der Waals surface area contributed by atoms with E-state index >= 15 is 0 Å². The molecule has 2 heterocycles. The molecule has 2 rings (SSSR count). The van der Waals surface area contributed by atoms with E-state index in [-0.39, 0.29) is 37.3 Å². The van der Waals surface area contributed by atoms with Crippen molar-refractivity contribution >= 4 is 23.8 Å². The molecule has 1 aliphatic rings. The van der Waals surface area contributed by atoms with Crippen LogP contribution in [0.25, 0.3) is 0 Å². The minimum absolute atomic E-state index is 0. The number of H-pyrrole nitrogens is 1. The van der Waals surface area contributed by atoms with Gasteiger partial charge in [-0.1, -0.05) is 0 Å². The lowest BCUT2D eigenvalue weighted by atomic mass is 10.6. The van der Waals surface area contributed by atoms with Gasteiger partial charge < -0.3 is 17.4 Å². The SMILES string of the molecule is N/N=C(\N)NN.N/N=C1/NNCC(=O)N1.NNc1nncc(=O)[nH]1.[HH]. The summed E-state index contributed by atoms with van der Waals surface area (Å²) >= 11 is 0. The van der Waals surface area contributed by atoms with Crippen molar-refractivity contribution in [3.05, 3.63) is 16.6 Å². The van der Waals surface area contributed by atoms with Crippen LogP contribution in [0.4, 0.5) is 5.95 Å². The molecule has 0 bridgehead atoms. The van der Waals surface area contributed by atoms with Crippen molar-refractivity contribution in [1.29, 1.82) is 0 Å². The number of nitrogens with zero attached hydrogens (tertiary/aromatic N) is 4. The van der Waals surface area contributed by atoms with Crippen LogP contribution in [0.2, 0.25) is 0 Å². The summed E-state index contributed by atoms with van der Waals surface area (Å²) in [6.45, 7) is 0.235. The van der Waals surface area contributed by atoms with Crippen LogP contribution in [0.15, 0.2) is 21.2 Å². The monoisotopic (exact) mass is 347 g/mol. The molecule has 1 saturated heterocycles. The van der Waals surface area contributed by atoms with E-state index in [1.165, 1.54) is 0 Å². The summed E-state index contributed by atoms with van der Waals surface area (Å²) in [6, 6.07) is 0. The van der Waals surface area contributed by atoms with Crippen LogP contribution in [-0.4, -0.2) is 39.6 Å². The maximum Gasteiger partial charge on any atom is 0.271 e. The standard InChI is InChI=1S/C3H7N5O.C3H5N5O.CH7N5.H2/c2*4-7-3-6-2(9)1-5-8-3;2-1(5-3)6-4;/h5H,1,4H2,(H2,6,7,8,9);1H,4H2,(H2,6,7,8,9);3-4H2,(H3,2,5,6);1H. The summed E-state index contributed by atoms with van der Waals surface area (Å²) in [6.07, 6.45) is 1.06. The minimum Gasteiger partial charge on any atom is -0.367 e. The zero-order valence-corrected chi connectivity index (χ0v) is 12.3. The zero-order chi connectivity index (χ0) is 18.4. The number of aromatic amines is 1. The first-order chi connectivity index (χ1) is 11.5. The topological polar surface area (TPSA) is 291 Å². The molecule has 17 heteroatoms. The summed E-state index contributed by atoms with van der Waals surface area (Å²) < 4.78 is 0. The number of carbonyl (C=O) groups is 1. The van der Waals surface area contributed by atoms with Gasteiger partial charge in [-0.25, -0.2) is 17.1 Å². The third kappa shape index (κ3) is 9.28. The maximum absolute atomic E-state index is 10.5. The molecule has 0 aromatic carbocycles. The molecule has 1 aliphatic heterocycles. The molecule has 0 saturated carbocycles. The molecule has 1 aromatic rings. The number of aromatic nitrogens is 3. The van der Waals surface area contributed by atoms with E-state index in [1.807, 2.05) is 5.43 Å². The summed E-state index contributed by atoms with van der Waals surface area (Å²) in [5.74, 6) is 19.3. The van der Waals surface area contributed by atoms with Crippen LogP contribution in [0.1, 0.15) is 1.43 Å². The van der Waals surface area contributed by atoms with Crippen LogP contribution in [0, 0.1) is 0 Å². The number of rotatable bonds is 1. The number of nitrogens with two attached hydrogens (primary N) is 5. The summed E-state index contributed by atoms with van der Waals surface area (Å²) in [5.41, 5.74) is 13.8. The van der Waals surface area contributed by atoms with Crippen molar-refractivity contribution in [3.8, 4) is 0 Å². The van der Waals surface area contributed by atoms with Gasteiger partial charge in [0.05, 0.1) is 6.54 Å². The molecule has 16 N–H and O–H groups in total. The van der Waals surface area contributed by atoms with Gasteiger partial charge in [-0.3, -0.25) is 36.2 Å². The van der Waals surface area contributed by atoms with Gasteiger partial charge in [0.1, 0.15) is 6.20 Å². The third-order valence-corrected chi connectivity index (χ3v) is 1.84. The van der Waals surface area contributed by atoms with Crippen LogP contribution in [0.5, 0.6) is 0 Å². The van der Waals surface area contributed by atoms with E-state index in [0.717, 1.165) is 6.20 Å². The van der Waals surface area contributed by atoms with E-state index in [1.54, 1.807) is 0 Å². The Morgan fingerprint density at radius 3 is 2.38 bits per heavy atom. The van der Waals surface area contributed by atoms with E-state index in [9.17, 15) is 9.59 Å². The van der Waals surface area contributed by atoms with Crippen molar-refractivity contribution < 1.29 is 6.22 Å². The lowest BCUT2D eigenvalue weighted by molar-refractivity contribution is -0.119. The van der Waals surface area contributed by atoms with Crippen molar-refractivity contribution in [1.82, 2.24) is 36.8 Å². The Bertz CT molecular complexity index is 614. The fraction of sp³-hybridized carbons (Fsp3) is 0.143. The number of hydrazine groups is 3. The van der Waals surface area contributed by atoms with Crippen LogP contribution < -0.4 is 61.7 Å². The second-order valence-electron chi connectivity index (χ2n) is 3.49. The molecule has 136 valence electrons. The van der Waals surface area contributed by atoms with E-state index in [2.05, 4.69) is 52.8 Å². The molecule has 0 unspecified atom stereocenters. The van der Waals surface area contributed by atoms with Crippen LogP contribution in [0.3, 0.4) is 0 Å². The van der Waals surface area contributed by atoms with E-state index in [4.69, 9.17) is 23.3 Å². The first kappa shape index (κ1) is 20.3. The largest absolute Gasteiger partial charge is 0.367 e. The molecule has 0 aliphatic carbocycles. The quantitative estimate of drug-likeness (QED) is 0.0975. The molecule has 1 amide bonds. The highest BCUT2D eigenvalue weighted by Gasteiger charge is 2.09. The minimum atomic E-state index is -0.335. The fourth-order valence-corrected chi connectivity index (χ4v) is 0.895. The first-order valence-corrected chi connectivity index (χ1v) is 5.92. The van der Waals surface area contributed by atoms with Gasteiger partial charge in [0.15, 0.2) is 0 Å². The molecule has 0 radical (unpaired) electrons. The highest BCUT2D eigenvalue weighted by molar-refractivity contribution is 5.99. The van der Waals surface area contributed by atoms with Crippen molar-refractivity contribution in [3.63, 3.8) is 0 Å². The number of hydrogen-bond acceptors (Lipinski definition) is 12. The lowest BCUT2D eigenvalue weighted by Gasteiger charge is -2.15.